The normalized spacial score (nSPS) is 12.3. The van der Waals surface area contributed by atoms with Crippen molar-refractivity contribution in [1.29, 1.82) is 0 Å². The number of esters is 1. The molecule has 2 N–H and O–H groups in total. The standard InChI is InChI=1S/C21H30N2O4.C4H9O/c1-14(2)11-18(21(26)27-13-16-9-7-6-8-10-16)23-20(25)19(22-5)17(12-24)15(3)4;1-2-3-4-5/h6-10,14-15,18-19,22H,11,13H2,1-5H3,(H,23,25);2-4H2,1H3. The van der Waals surface area contributed by atoms with E-state index >= 15 is 0 Å². The summed E-state index contributed by atoms with van der Waals surface area (Å²) in [6.45, 7) is 9.81. The zero-order chi connectivity index (χ0) is 24.5. The predicted octanol–water partition coefficient (Wildman–Crippen LogP) is 3.48. The Labute approximate surface area is 192 Å². The lowest BCUT2D eigenvalue weighted by Gasteiger charge is -2.24. The molecule has 0 saturated carbocycles. The number of nitrogens with one attached hydrogen (secondary N) is 2. The molecule has 1 aromatic carbocycles. The summed E-state index contributed by atoms with van der Waals surface area (Å²) in [6, 6.07) is 7.74. The lowest BCUT2D eigenvalue weighted by Crippen LogP contribution is -2.51. The molecule has 179 valence electrons. The number of likely N-dealkylation sites (N-methyl/N-ethyl adjacent to an activating group) is 1. The Hall–Kier alpha value is -2.47. The third kappa shape index (κ3) is 11.8. The smallest absolute Gasteiger partial charge is 0.328 e. The fourth-order valence-corrected chi connectivity index (χ4v) is 2.85. The van der Waals surface area contributed by atoms with Crippen LogP contribution < -0.4 is 10.6 Å². The Bertz CT molecular complexity index is 710. The first-order valence-corrected chi connectivity index (χ1v) is 11.2. The van der Waals surface area contributed by atoms with Crippen molar-refractivity contribution in [2.24, 2.45) is 11.8 Å². The first-order chi connectivity index (χ1) is 15.2. The molecular weight excluding hydrogens is 408 g/mol. The number of hydrogen-bond acceptors (Lipinski definition) is 5. The van der Waals surface area contributed by atoms with Crippen LogP contribution in [0.5, 0.6) is 0 Å². The molecule has 0 spiro atoms. The number of amides is 1. The molecule has 2 unspecified atom stereocenters. The quantitative estimate of drug-likeness (QED) is 0.377. The van der Waals surface area contributed by atoms with Crippen molar-refractivity contribution in [3.63, 3.8) is 0 Å². The van der Waals surface area contributed by atoms with Gasteiger partial charge in [-0.3, -0.25) is 4.79 Å². The van der Waals surface area contributed by atoms with Crippen molar-refractivity contribution in [2.75, 3.05) is 13.7 Å². The van der Waals surface area contributed by atoms with Gasteiger partial charge >= 0.3 is 5.97 Å². The zero-order valence-corrected chi connectivity index (χ0v) is 20.3. The van der Waals surface area contributed by atoms with Gasteiger partial charge in [0.1, 0.15) is 24.6 Å². The van der Waals surface area contributed by atoms with Crippen LogP contribution in [0.15, 0.2) is 35.9 Å². The predicted molar refractivity (Wildman–Crippen MR) is 125 cm³/mol. The molecule has 0 aliphatic rings. The van der Waals surface area contributed by atoms with Gasteiger partial charge in [0.05, 0.1) is 6.61 Å². The number of hydrogen-bond donors (Lipinski definition) is 2. The summed E-state index contributed by atoms with van der Waals surface area (Å²) >= 11 is 0. The molecule has 0 saturated heterocycles. The van der Waals surface area contributed by atoms with E-state index in [0.717, 1.165) is 18.4 Å². The van der Waals surface area contributed by atoms with E-state index in [2.05, 4.69) is 10.6 Å². The molecule has 7 heteroatoms. The van der Waals surface area contributed by atoms with E-state index in [-0.39, 0.29) is 25.0 Å². The van der Waals surface area contributed by atoms with E-state index in [9.17, 15) is 19.5 Å². The fourth-order valence-electron chi connectivity index (χ4n) is 2.85. The van der Waals surface area contributed by atoms with Crippen LogP contribution in [0.1, 0.15) is 59.4 Å². The van der Waals surface area contributed by atoms with Gasteiger partial charge in [0.2, 0.25) is 5.91 Å². The van der Waals surface area contributed by atoms with Crippen molar-refractivity contribution in [3.05, 3.63) is 41.5 Å². The number of carbonyl (C=O) groups is 2. The Morgan fingerprint density at radius 1 is 1.09 bits per heavy atom. The molecule has 0 fully saturated rings. The third-order valence-corrected chi connectivity index (χ3v) is 4.63. The second-order valence-electron chi connectivity index (χ2n) is 8.28. The maximum atomic E-state index is 12.7. The Kier molecular flexibility index (Phi) is 15.8. The molecule has 32 heavy (non-hydrogen) atoms. The van der Waals surface area contributed by atoms with Crippen LogP contribution in [0, 0.1) is 11.8 Å². The minimum Gasteiger partial charge on any atom is -0.459 e. The van der Waals surface area contributed by atoms with E-state index in [1.54, 1.807) is 7.05 Å². The Balaban J connectivity index is 0.00000172. The summed E-state index contributed by atoms with van der Waals surface area (Å²) in [6.07, 6.45) is 2.31. The van der Waals surface area contributed by atoms with Gasteiger partial charge in [-0.15, -0.1) is 0 Å². The van der Waals surface area contributed by atoms with Gasteiger partial charge in [0.25, 0.3) is 0 Å². The van der Waals surface area contributed by atoms with E-state index in [1.807, 2.05) is 70.9 Å². The van der Waals surface area contributed by atoms with Crippen LogP contribution in [0.25, 0.3) is 0 Å². The van der Waals surface area contributed by atoms with Gasteiger partial charge in [0, 0.05) is 5.57 Å². The Morgan fingerprint density at radius 2 is 1.72 bits per heavy atom. The van der Waals surface area contributed by atoms with Gasteiger partial charge in [-0.1, -0.05) is 71.4 Å². The lowest BCUT2D eigenvalue weighted by atomic mass is 9.96. The van der Waals surface area contributed by atoms with E-state index in [0.29, 0.717) is 12.0 Å². The van der Waals surface area contributed by atoms with E-state index in [4.69, 9.17) is 4.74 Å². The van der Waals surface area contributed by atoms with E-state index < -0.39 is 24.0 Å². The average molecular weight is 448 g/mol. The Morgan fingerprint density at radius 3 is 2.12 bits per heavy atom. The number of carbonyl (C=O) groups excluding carboxylic acids is 3. The monoisotopic (exact) mass is 447 g/mol. The van der Waals surface area contributed by atoms with Gasteiger partial charge < -0.3 is 15.4 Å². The molecular formula is C25H39N2O5. The molecule has 0 aliphatic heterocycles. The van der Waals surface area contributed by atoms with Crippen LogP contribution in [0.2, 0.25) is 0 Å². The highest BCUT2D eigenvalue weighted by atomic mass is 16.5. The van der Waals surface area contributed by atoms with Crippen molar-refractivity contribution >= 4 is 17.8 Å². The molecule has 2 atom stereocenters. The molecule has 7 nitrogen and oxygen atoms in total. The number of benzene rings is 1. The lowest BCUT2D eigenvalue weighted by molar-refractivity contribution is -0.149. The maximum Gasteiger partial charge on any atom is 0.328 e. The third-order valence-electron chi connectivity index (χ3n) is 4.63. The largest absolute Gasteiger partial charge is 0.459 e. The highest BCUT2D eigenvalue weighted by Gasteiger charge is 2.30. The molecule has 0 aliphatic carbocycles. The second kappa shape index (κ2) is 17.1. The van der Waals surface area contributed by atoms with Gasteiger partial charge in [-0.25, -0.2) is 14.7 Å². The van der Waals surface area contributed by atoms with Crippen LogP contribution in [0.4, 0.5) is 0 Å². The highest BCUT2D eigenvalue weighted by molar-refractivity contribution is 5.91. The SMILES string of the molecule is CCCC[O].CNC(C(=O)NC(CC(C)C)C(=O)OCc1ccccc1)C(=C=O)C(C)C. The van der Waals surface area contributed by atoms with Crippen LogP contribution in [0.3, 0.4) is 0 Å². The molecule has 1 amide bonds. The summed E-state index contributed by atoms with van der Waals surface area (Å²) in [5.74, 6) is 0.963. The van der Waals surface area contributed by atoms with Crippen molar-refractivity contribution in [1.82, 2.24) is 10.6 Å². The summed E-state index contributed by atoms with van der Waals surface area (Å²) < 4.78 is 5.38. The first-order valence-electron chi connectivity index (χ1n) is 11.2. The fraction of sp³-hybridized carbons (Fsp3) is 0.600. The molecule has 0 aromatic heterocycles. The van der Waals surface area contributed by atoms with Crippen LogP contribution >= 0.6 is 0 Å². The minimum atomic E-state index is -0.834. The summed E-state index contributed by atoms with van der Waals surface area (Å²) in [4.78, 5) is 36.4. The van der Waals surface area contributed by atoms with Crippen LogP contribution in [-0.2, 0) is 30.8 Å². The summed E-state index contributed by atoms with van der Waals surface area (Å²) in [7, 11) is 1.59. The van der Waals surface area contributed by atoms with Crippen molar-refractivity contribution in [2.45, 2.75) is 72.6 Å². The van der Waals surface area contributed by atoms with Gasteiger partial charge in [0.15, 0.2) is 0 Å². The van der Waals surface area contributed by atoms with E-state index in [1.165, 1.54) is 0 Å². The number of unbranched alkanes of at least 4 members (excludes halogenated alkanes) is 1. The maximum absolute atomic E-state index is 12.7. The summed E-state index contributed by atoms with van der Waals surface area (Å²) in [5, 5.41) is 15.1. The minimum absolute atomic E-state index is 0.0938. The zero-order valence-electron chi connectivity index (χ0n) is 20.3. The molecule has 1 rings (SSSR count). The second-order valence-corrected chi connectivity index (χ2v) is 8.28. The summed E-state index contributed by atoms with van der Waals surface area (Å²) in [5.41, 5.74) is 1.19. The first kappa shape index (κ1) is 29.5. The van der Waals surface area contributed by atoms with Gasteiger partial charge in [-0.05, 0) is 37.3 Å². The van der Waals surface area contributed by atoms with Crippen molar-refractivity contribution < 1.29 is 24.2 Å². The average Bonchev–Trinajstić information content (AvgIpc) is 2.76. The molecule has 1 radical (unpaired) electrons. The topological polar surface area (TPSA) is 104 Å². The highest BCUT2D eigenvalue weighted by Crippen LogP contribution is 2.13. The van der Waals surface area contributed by atoms with Crippen LogP contribution in [-0.4, -0.2) is 43.6 Å². The molecule has 1 aromatic rings. The van der Waals surface area contributed by atoms with Crippen molar-refractivity contribution in [3.8, 4) is 0 Å². The number of rotatable bonds is 12. The number of ether oxygens (including phenoxy) is 1. The van der Waals surface area contributed by atoms with Gasteiger partial charge in [-0.2, -0.15) is 0 Å². The molecule has 0 bridgehead atoms. The molecule has 0 heterocycles.